The minimum atomic E-state index is -0.116. The molecule has 3 rings (SSSR count). The van der Waals surface area contributed by atoms with Crippen LogP contribution in [0.25, 0.3) is 11.3 Å². The van der Waals surface area contributed by atoms with Crippen molar-refractivity contribution in [3.8, 4) is 22.8 Å². The van der Waals surface area contributed by atoms with Crippen LogP contribution < -0.4 is 9.47 Å². The molecular weight excluding hydrogens is 356 g/mol. The van der Waals surface area contributed by atoms with Crippen LogP contribution >= 0.6 is 0 Å². The Morgan fingerprint density at radius 1 is 1.07 bits per heavy atom. The van der Waals surface area contributed by atoms with E-state index >= 15 is 0 Å². The van der Waals surface area contributed by atoms with Gasteiger partial charge in [0.2, 0.25) is 0 Å². The standard InChI is InChI=1S/C22H24N2O4/c1-16-20(21(28-23-16)17-10-5-4-6-11-17)22(25)24(2)14-9-15-27-19-13-8-7-12-18(19)26-3/h4-8,10-13H,9,14-15H2,1-3H3. The van der Waals surface area contributed by atoms with Gasteiger partial charge in [0, 0.05) is 19.2 Å². The van der Waals surface area contributed by atoms with E-state index in [1.807, 2.05) is 54.6 Å². The number of hydrogen-bond acceptors (Lipinski definition) is 5. The van der Waals surface area contributed by atoms with Crippen LogP contribution in [0.5, 0.6) is 11.5 Å². The van der Waals surface area contributed by atoms with Crippen molar-refractivity contribution in [3.63, 3.8) is 0 Å². The summed E-state index contributed by atoms with van der Waals surface area (Å²) in [6, 6.07) is 17.0. The van der Waals surface area contributed by atoms with E-state index in [0.717, 1.165) is 5.56 Å². The fourth-order valence-electron chi connectivity index (χ4n) is 2.92. The zero-order valence-electron chi connectivity index (χ0n) is 16.3. The summed E-state index contributed by atoms with van der Waals surface area (Å²) in [7, 11) is 3.38. The van der Waals surface area contributed by atoms with E-state index in [4.69, 9.17) is 14.0 Å². The third kappa shape index (κ3) is 4.34. The molecule has 0 N–H and O–H groups in total. The highest BCUT2D eigenvalue weighted by Crippen LogP contribution is 2.27. The van der Waals surface area contributed by atoms with Crippen LogP contribution in [0.15, 0.2) is 59.1 Å². The predicted molar refractivity (Wildman–Crippen MR) is 107 cm³/mol. The molecule has 0 saturated heterocycles. The molecule has 28 heavy (non-hydrogen) atoms. The number of nitrogens with zero attached hydrogens (tertiary/aromatic N) is 2. The number of aryl methyl sites for hydroxylation is 1. The van der Waals surface area contributed by atoms with Gasteiger partial charge < -0.3 is 18.9 Å². The Balaban J connectivity index is 1.60. The second-order valence-corrected chi connectivity index (χ2v) is 6.42. The van der Waals surface area contributed by atoms with E-state index in [9.17, 15) is 4.79 Å². The maximum absolute atomic E-state index is 13.0. The van der Waals surface area contributed by atoms with Crippen LogP contribution in [0.3, 0.4) is 0 Å². The molecule has 146 valence electrons. The first-order valence-corrected chi connectivity index (χ1v) is 9.14. The summed E-state index contributed by atoms with van der Waals surface area (Å²) < 4.78 is 16.5. The Morgan fingerprint density at radius 2 is 1.75 bits per heavy atom. The van der Waals surface area contributed by atoms with Crippen LogP contribution in [-0.4, -0.2) is 43.3 Å². The summed E-state index contributed by atoms with van der Waals surface area (Å²) in [5.74, 6) is 1.77. The van der Waals surface area contributed by atoms with Crippen LogP contribution in [0.2, 0.25) is 0 Å². The molecule has 0 spiro atoms. The lowest BCUT2D eigenvalue weighted by Gasteiger charge is -2.17. The molecule has 0 saturated carbocycles. The van der Waals surface area contributed by atoms with Crippen molar-refractivity contribution in [2.75, 3.05) is 27.3 Å². The molecule has 6 heteroatoms. The first kappa shape index (κ1) is 19.5. The number of carbonyl (C=O) groups is 1. The minimum absolute atomic E-state index is 0.116. The summed E-state index contributed by atoms with van der Waals surface area (Å²) in [5.41, 5.74) is 1.92. The molecule has 3 aromatic rings. The number of ether oxygens (including phenoxy) is 2. The molecule has 0 atom stereocenters. The third-order valence-corrected chi connectivity index (χ3v) is 4.42. The summed E-state index contributed by atoms with van der Waals surface area (Å²) in [6.07, 6.45) is 0.686. The monoisotopic (exact) mass is 380 g/mol. The molecule has 2 aromatic carbocycles. The van der Waals surface area contributed by atoms with Gasteiger partial charge in [-0.1, -0.05) is 47.6 Å². The lowest BCUT2D eigenvalue weighted by atomic mass is 10.1. The number of methoxy groups -OCH3 is 1. The molecule has 0 unspecified atom stereocenters. The molecule has 1 aromatic heterocycles. The molecular formula is C22H24N2O4. The highest BCUT2D eigenvalue weighted by atomic mass is 16.5. The lowest BCUT2D eigenvalue weighted by molar-refractivity contribution is 0.0787. The van der Waals surface area contributed by atoms with Crippen molar-refractivity contribution >= 4 is 5.91 Å². The Hall–Kier alpha value is -3.28. The van der Waals surface area contributed by atoms with E-state index in [-0.39, 0.29) is 5.91 Å². The first-order valence-electron chi connectivity index (χ1n) is 9.14. The molecule has 0 aliphatic carbocycles. The largest absolute Gasteiger partial charge is 0.493 e. The lowest BCUT2D eigenvalue weighted by Crippen LogP contribution is -2.29. The summed E-state index contributed by atoms with van der Waals surface area (Å²) in [6.45, 7) is 2.81. The summed E-state index contributed by atoms with van der Waals surface area (Å²) in [4.78, 5) is 14.6. The molecule has 1 heterocycles. The molecule has 0 radical (unpaired) electrons. The van der Waals surface area contributed by atoms with Crippen LogP contribution in [-0.2, 0) is 0 Å². The van der Waals surface area contributed by atoms with Crippen molar-refractivity contribution < 1.29 is 18.8 Å². The van der Waals surface area contributed by atoms with Gasteiger partial charge in [-0.3, -0.25) is 4.79 Å². The predicted octanol–water partition coefficient (Wildman–Crippen LogP) is 4.20. The molecule has 0 bridgehead atoms. The minimum Gasteiger partial charge on any atom is -0.493 e. The number of carbonyl (C=O) groups excluding carboxylic acids is 1. The van der Waals surface area contributed by atoms with Crippen LogP contribution in [0.4, 0.5) is 0 Å². The van der Waals surface area contributed by atoms with Gasteiger partial charge in [-0.25, -0.2) is 0 Å². The van der Waals surface area contributed by atoms with Crippen molar-refractivity contribution in [2.24, 2.45) is 0 Å². The third-order valence-electron chi connectivity index (χ3n) is 4.42. The highest BCUT2D eigenvalue weighted by molar-refractivity contribution is 6.00. The molecule has 1 amide bonds. The fourth-order valence-corrected chi connectivity index (χ4v) is 2.92. The maximum Gasteiger partial charge on any atom is 0.259 e. The van der Waals surface area contributed by atoms with Gasteiger partial charge in [0.1, 0.15) is 5.56 Å². The Morgan fingerprint density at radius 3 is 2.46 bits per heavy atom. The summed E-state index contributed by atoms with van der Waals surface area (Å²) >= 11 is 0. The van der Waals surface area contributed by atoms with Gasteiger partial charge in [-0.2, -0.15) is 0 Å². The van der Waals surface area contributed by atoms with E-state index in [1.165, 1.54) is 0 Å². The quantitative estimate of drug-likeness (QED) is 0.548. The molecule has 6 nitrogen and oxygen atoms in total. The van der Waals surface area contributed by atoms with Gasteiger partial charge >= 0.3 is 0 Å². The van der Waals surface area contributed by atoms with Crippen molar-refractivity contribution in [1.29, 1.82) is 0 Å². The maximum atomic E-state index is 13.0. The average molecular weight is 380 g/mol. The Labute approximate surface area is 164 Å². The van der Waals surface area contributed by atoms with E-state index in [2.05, 4.69) is 5.16 Å². The van der Waals surface area contributed by atoms with Crippen LogP contribution in [0.1, 0.15) is 22.5 Å². The Kier molecular flexibility index (Phi) is 6.32. The number of rotatable bonds is 8. The number of amides is 1. The van der Waals surface area contributed by atoms with Gasteiger partial charge in [-0.15, -0.1) is 0 Å². The Bertz CT molecular complexity index is 921. The normalized spacial score (nSPS) is 10.5. The zero-order valence-corrected chi connectivity index (χ0v) is 16.3. The fraction of sp³-hybridized carbons (Fsp3) is 0.273. The zero-order chi connectivity index (χ0) is 19.9. The van der Waals surface area contributed by atoms with E-state index < -0.39 is 0 Å². The van der Waals surface area contributed by atoms with Gasteiger partial charge in [0.05, 0.1) is 19.4 Å². The van der Waals surface area contributed by atoms with Crippen molar-refractivity contribution in [3.05, 3.63) is 65.9 Å². The summed E-state index contributed by atoms with van der Waals surface area (Å²) in [5, 5.41) is 3.99. The molecule has 0 aliphatic rings. The van der Waals surface area contributed by atoms with Gasteiger partial charge in [-0.05, 0) is 25.5 Å². The topological polar surface area (TPSA) is 64.8 Å². The van der Waals surface area contributed by atoms with Gasteiger partial charge in [0.25, 0.3) is 5.91 Å². The van der Waals surface area contributed by atoms with Crippen LogP contribution in [0, 0.1) is 6.92 Å². The van der Waals surface area contributed by atoms with Crippen molar-refractivity contribution in [1.82, 2.24) is 10.1 Å². The van der Waals surface area contributed by atoms with E-state index in [1.54, 1.807) is 26.0 Å². The first-order chi connectivity index (χ1) is 13.6. The van der Waals surface area contributed by atoms with E-state index in [0.29, 0.717) is 48.1 Å². The second-order valence-electron chi connectivity index (χ2n) is 6.42. The smallest absolute Gasteiger partial charge is 0.259 e. The van der Waals surface area contributed by atoms with Crippen molar-refractivity contribution in [2.45, 2.75) is 13.3 Å². The van der Waals surface area contributed by atoms with Gasteiger partial charge in [0.15, 0.2) is 17.3 Å². The number of aromatic nitrogens is 1. The average Bonchev–Trinajstić information content (AvgIpc) is 3.12. The number of benzene rings is 2. The second kappa shape index (κ2) is 9.08. The molecule has 0 fully saturated rings. The highest BCUT2D eigenvalue weighted by Gasteiger charge is 2.24. The number of para-hydroxylation sites is 2. The SMILES string of the molecule is COc1ccccc1OCCCN(C)C(=O)c1c(C)noc1-c1ccccc1. The number of hydrogen-bond donors (Lipinski definition) is 0. The molecule has 0 aliphatic heterocycles.